The molecule has 0 unspecified atom stereocenters. The van der Waals surface area contributed by atoms with E-state index in [0.717, 1.165) is 25.1 Å². The lowest BCUT2D eigenvalue weighted by molar-refractivity contribution is -0.126. The number of anilines is 1. The Morgan fingerprint density at radius 1 is 1.12 bits per heavy atom. The molecule has 2 aliphatic heterocycles. The molecule has 0 radical (unpaired) electrons. The Balaban J connectivity index is 1.57. The molecule has 8 heteroatoms. The Morgan fingerprint density at radius 3 is 2.44 bits per heavy atom. The number of hydrogen-bond donors (Lipinski definition) is 1. The summed E-state index contributed by atoms with van der Waals surface area (Å²) in [6.07, 6.45) is 3.52. The van der Waals surface area contributed by atoms with Gasteiger partial charge in [-0.15, -0.1) is 0 Å². The van der Waals surface area contributed by atoms with Gasteiger partial charge >= 0.3 is 5.69 Å². The molecule has 1 atom stereocenters. The minimum absolute atomic E-state index is 0.0679. The summed E-state index contributed by atoms with van der Waals surface area (Å²) < 4.78 is 8.60. The number of rotatable bonds is 7. The van der Waals surface area contributed by atoms with Crippen LogP contribution in [0.1, 0.15) is 45.2 Å². The highest BCUT2D eigenvalue weighted by Gasteiger charge is 2.29. The number of nitrogens with one attached hydrogen (secondary N) is 1. The van der Waals surface area contributed by atoms with Crippen LogP contribution >= 0.6 is 0 Å². The first-order chi connectivity index (χ1) is 16.4. The number of amides is 1. The largest absolute Gasteiger partial charge is 0.376 e. The molecule has 0 bridgehead atoms. The smallest absolute Gasteiger partial charge is 0.335 e. The van der Waals surface area contributed by atoms with E-state index in [1.807, 2.05) is 51.1 Å². The first-order valence-electron chi connectivity index (χ1n) is 12.4. The van der Waals surface area contributed by atoms with Crippen molar-refractivity contribution >= 4 is 11.6 Å². The Bertz CT molecular complexity index is 1110. The maximum Gasteiger partial charge on any atom is 0.335 e. The summed E-state index contributed by atoms with van der Waals surface area (Å²) in [5.74, 6) is 0.151. The van der Waals surface area contributed by atoms with Crippen molar-refractivity contribution < 1.29 is 9.53 Å². The fourth-order valence-electron chi connectivity index (χ4n) is 5.04. The maximum absolute atomic E-state index is 13.5. The molecule has 34 heavy (non-hydrogen) atoms. The summed E-state index contributed by atoms with van der Waals surface area (Å²) in [7, 11) is 0. The van der Waals surface area contributed by atoms with Crippen LogP contribution in [0.5, 0.6) is 0 Å². The van der Waals surface area contributed by atoms with Crippen molar-refractivity contribution in [2.45, 2.75) is 59.1 Å². The van der Waals surface area contributed by atoms with E-state index in [-0.39, 0.29) is 35.1 Å². The van der Waals surface area contributed by atoms with Crippen molar-refractivity contribution in [1.29, 1.82) is 0 Å². The molecule has 2 aliphatic rings. The second-order valence-corrected chi connectivity index (χ2v) is 9.84. The van der Waals surface area contributed by atoms with E-state index in [4.69, 9.17) is 4.74 Å². The Hall–Kier alpha value is -2.87. The third-order valence-electron chi connectivity index (χ3n) is 6.82. The number of nitrogens with zero attached hydrogens (tertiary/aromatic N) is 3. The normalized spacial score (nSPS) is 19.1. The summed E-state index contributed by atoms with van der Waals surface area (Å²) in [6, 6.07) is 9.45. The highest BCUT2D eigenvalue weighted by Crippen LogP contribution is 2.24. The van der Waals surface area contributed by atoms with E-state index in [2.05, 4.69) is 10.2 Å². The predicted molar refractivity (Wildman–Crippen MR) is 133 cm³/mol. The second kappa shape index (κ2) is 10.6. The first kappa shape index (κ1) is 24.3. The number of hydrogen-bond acceptors (Lipinski definition) is 5. The molecule has 184 valence electrons. The van der Waals surface area contributed by atoms with Crippen molar-refractivity contribution in [2.24, 2.45) is 11.8 Å². The number of carbonyl (C=O) groups excluding carboxylic acids is 1. The van der Waals surface area contributed by atoms with Crippen molar-refractivity contribution in [1.82, 2.24) is 14.5 Å². The Morgan fingerprint density at radius 2 is 1.82 bits per heavy atom. The average Bonchev–Trinajstić information content (AvgIpc) is 3.35. The van der Waals surface area contributed by atoms with Gasteiger partial charge in [0.1, 0.15) is 5.69 Å². The van der Waals surface area contributed by atoms with Crippen LogP contribution < -0.4 is 21.5 Å². The molecular weight excluding hydrogens is 432 g/mol. The molecule has 0 aliphatic carbocycles. The third kappa shape index (κ3) is 5.12. The zero-order valence-corrected chi connectivity index (χ0v) is 20.5. The van der Waals surface area contributed by atoms with Gasteiger partial charge in [0.05, 0.1) is 17.5 Å². The van der Waals surface area contributed by atoms with Crippen LogP contribution in [0.4, 0.5) is 5.69 Å². The molecule has 1 aromatic carbocycles. The highest BCUT2D eigenvalue weighted by molar-refractivity contribution is 5.79. The molecule has 4 rings (SSSR count). The Kier molecular flexibility index (Phi) is 7.56. The molecule has 2 saturated heterocycles. The Labute approximate surface area is 200 Å². The zero-order chi connectivity index (χ0) is 24.2. The third-order valence-corrected chi connectivity index (χ3v) is 6.82. The summed E-state index contributed by atoms with van der Waals surface area (Å²) in [5.41, 5.74) is 1.39. The van der Waals surface area contributed by atoms with Crippen LogP contribution in [0, 0.1) is 18.8 Å². The molecule has 2 fully saturated rings. The van der Waals surface area contributed by atoms with Crippen molar-refractivity contribution in [3.8, 4) is 5.69 Å². The van der Waals surface area contributed by atoms with Gasteiger partial charge < -0.3 is 15.0 Å². The number of piperidine rings is 1. The van der Waals surface area contributed by atoms with Gasteiger partial charge in [0, 0.05) is 38.7 Å². The fourth-order valence-corrected chi connectivity index (χ4v) is 5.04. The monoisotopic (exact) mass is 468 g/mol. The van der Waals surface area contributed by atoms with E-state index in [9.17, 15) is 14.4 Å². The molecule has 2 aromatic rings. The lowest BCUT2D eigenvalue weighted by Crippen LogP contribution is -2.48. The van der Waals surface area contributed by atoms with E-state index in [1.165, 1.54) is 4.57 Å². The molecule has 1 amide bonds. The van der Waals surface area contributed by atoms with Gasteiger partial charge in [0.15, 0.2) is 0 Å². The predicted octanol–water partition coefficient (Wildman–Crippen LogP) is 2.48. The summed E-state index contributed by atoms with van der Waals surface area (Å²) in [5, 5.41) is 3.05. The standard InChI is InChI=1S/C26H36N4O4/c1-18(2)17-29-25(32)23(19(3)30(26(29)33)21-8-5-4-6-9-21)28-13-11-20(12-14-28)24(31)27-16-22-10-7-15-34-22/h4-6,8-9,18,20,22H,7,10-17H2,1-3H3,(H,27,31)/t22-/m0/s1. The van der Waals surface area contributed by atoms with Crippen LogP contribution in [0.3, 0.4) is 0 Å². The quantitative estimate of drug-likeness (QED) is 0.675. The van der Waals surface area contributed by atoms with Crippen LogP contribution in [0.25, 0.3) is 5.69 Å². The van der Waals surface area contributed by atoms with Crippen LogP contribution in [0.2, 0.25) is 0 Å². The maximum atomic E-state index is 13.5. The molecule has 0 saturated carbocycles. The summed E-state index contributed by atoms with van der Waals surface area (Å²) in [6.45, 7) is 8.74. The fraction of sp³-hybridized carbons (Fsp3) is 0.577. The minimum atomic E-state index is -0.311. The van der Waals surface area contributed by atoms with Crippen molar-refractivity contribution in [3.05, 3.63) is 56.9 Å². The molecular formula is C26H36N4O4. The van der Waals surface area contributed by atoms with Gasteiger partial charge in [0.25, 0.3) is 5.56 Å². The molecule has 1 N–H and O–H groups in total. The van der Waals surface area contributed by atoms with Gasteiger partial charge in [-0.05, 0) is 50.7 Å². The number of benzene rings is 1. The summed E-state index contributed by atoms with van der Waals surface area (Å²) >= 11 is 0. The van der Waals surface area contributed by atoms with E-state index >= 15 is 0 Å². The molecule has 3 heterocycles. The second-order valence-electron chi connectivity index (χ2n) is 9.84. The molecule has 0 spiro atoms. The van der Waals surface area contributed by atoms with Gasteiger partial charge in [-0.2, -0.15) is 0 Å². The van der Waals surface area contributed by atoms with Gasteiger partial charge in [-0.1, -0.05) is 32.0 Å². The topological polar surface area (TPSA) is 85.6 Å². The van der Waals surface area contributed by atoms with E-state index in [1.54, 1.807) is 4.57 Å². The number of para-hydroxylation sites is 1. The molecule has 8 nitrogen and oxygen atoms in total. The van der Waals surface area contributed by atoms with E-state index in [0.29, 0.717) is 50.4 Å². The lowest BCUT2D eigenvalue weighted by atomic mass is 9.95. The zero-order valence-electron chi connectivity index (χ0n) is 20.5. The number of carbonyl (C=O) groups is 1. The van der Waals surface area contributed by atoms with Gasteiger partial charge in [0.2, 0.25) is 5.91 Å². The SMILES string of the molecule is Cc1c(N2CCC(C(=O)NC[C@@H]3CCCO3)CC2)c(=O)n(CC(C)C)c(=O)n1-c1ccccc1. The average molecular weight is 469 g/mol. The van der Waals surface area contributed by atoms with E-state index < -0.39 is 0 Å². The summed E-state index contributed by atoms with van der Waals surface area (Å²) in [4.78, 5) is 41.6. The van der Waals surface area contributed by atoms with Crippen molar-refractivity contribution in [2.75, 3.05) is 31.1 Å². The van der Waals surface area contributed by atoms with Crippen LogP contribution in [0.15, 0.2) is 39.9 Å². The van der Waals surface area contributed by atoms with Gasteiger partial charge in [-0.3, -0.25) is 18.7 Å². The number of ether oxygens (including phenoxy) is 1. The molecule has 1 aromatic heterocycles. The van der Waals surface area contributed by atoms with Crippen LogP contribution in [-0.4, -0.2) is 47.4 Å². The lowest BCUT2D eigenvalue weighted by Gasteiger charge is -2.34. The number of aromatic nitrogens is 2. The minimum Gasteiger partial charge on any atom is -0.376 e. The van der Waals surface area contributed by atoms with Gasteiger partial charge in [-0.25, -0.2) is 4.79 Å². The first-order valence-corrected chi connectivity index (χ1v) is 12.4. The van der Waals surface area contributed by atoms with Crippen LogP contribution in [-0.2, 0) is 16.1 Å². The highest BCUT2D eigenvalue weighted by atomic mass is 16.5. The van der Waals surface area contributed by atoms with Crippen molar-refractivity contribution in [3.63, 3.8) is 0 Å².